The van der Waals surface area contributed by atoms with Crippen molar-refractivity contribution in [2.75, 3.05) is 63.2 Å². The van der Waals surface area contributed by atoms with Crippen LogP contribution in [0.4, 0.5) is 28.8 Å². The van der Waals surface area contributed by atoms with E-state index in [2.05, 4.69) is 97.9 Å². The van der Waals surface area contributed by atoms with Crippen molar-refractivity contribution < 1.29 is 4.74 Å². The summed E-state index contributed by atoms with van der Waals surface area (Å²) in [5, 5.41) is 8.61. The van der Waals surface area contributed by atoms with Crippen molar-refractivity contribution in [2.24, 2.45) is 0 Å². The Balaban J connectivity index is 1.61. The number of aromatic nitrogens is 2. The highest BCUT2D eigenvalue weighted by molar-refractivity contribution is 7.64. The fourth-order valence-electron chi connectivity index (χ4n) is 4.91. The van der Waals surface area contributed by atoms with E-state index in [4.69, 9.17) is 21.3 Å². The van der Waals surface area contributed by atoms with Crippen LogP contribution in [0.1, 0.15) is 23.1 Å². The van der Waals surface area contributed by atoms with Gasteiger partial charge in [0.15, 0.2) is 5.82 Å². The third-order valence-electron chi connectivity index (χ3n) is 7.15. The lowest BCUT2D eigenvalue weighted by Gasteiger charge is -2.24. The molecule has 2 aromatic carbocycles. The molecule has 1 saturated heterocycles. The largest absolute Gasteiger partial charge is 0.494 e. The van der Waals surface area contributed by atoms with Gasteiger partial charge in [0.25, 0.3) is 0 Å². The highest BCUT2D eigenvalue weighted by Crippen LogP contribution is 2.37. The number of nitrogens with zero attached hydrogens (tertiary/aromatic N) is 4. The van der Waals surface area contributed by atoms with Gasteiger partial charge >= 0.3 is 0 Å². The summed E-state index contributed by atoms with van der Waals surface area (Å²) in [5.74, 6) is 1.77. The highest BCUT2D eigenvalue weighted by Gasteiger charge is 2.26. The molecular weight excluding hydrogens is 503 g/mol. The van der Waals surface area contributed by atoms with Crippen LogP contribution >= 0.6 is 19.5 Å². The Morgan fingerprint density at radius 1 is 1.08 bits per heavy atom. The average Bonchev–Trinajstić information content (AvgIpc) is 3.34. The minimum absolute atomic E-state index is 0.319. The molecule has 0 aliphatic carbocycles. The molecule has 37 heavy (non-hydrogen) atoms. The molecule has 0 bridgehead atoms. The number of nitrogens with one attached hydrogen (secondary N) is 2. The fourth-order valence-corrected chi connectivity index (χ4v) is 6.51. The zero-order chi connectivity index (χ0) is 26.9. The Hall–Kier alpha value is -2.60. The third-order valence-corrected chi connectivity index (χ3v) is 8.89. The van der Waals surface area contributed by atoms with E-state index in [0.29, 0.717) is 22.8 Å². The standard InChI is InChI=1S/C28H38ClN6OP/c1-17-9-10-22(26(19(17)3)37(7)8)31-27-21(29)15-30-28(33-27)32-23-13-18(2)24(14-25(23)36-6)35-12-11-20(16-35)34(4)5/h9-10,13-15,20H,11-12,16H2,1-8H3,(H2,30,31,32,33). The number of rotatable bonds is 8. The number of aryl methyl sites for hydroxylation is 2. The summed E-state index contributed by atoms with van der Waals surface area (Å²) in [6.45, 7) is 13.0. The molecule has 1 atom stereocenters. The number of ether oxygens (including phenoxy) is 1. The van der Waals surface area contributed by atoms with E-state index in [1.54, 1.807) is 13.3 Å². The molecule has 1 unspecified atom stereocenters. The molecule has 1 aliphatic heterocycles. The van der Waals surface area contributed by atoms with Gasteiger partial charge in [-0.3, -0.25) is 0 Å². The zero-order valence-corrected chi connectivity index (χ0v) is 24.8. The molecule has 1 aromatic heterocycles. The quantitative estimate of drug-likeness (QED) is 0.337. The van der Waals surface area contributed by atoms with Gasteiger partial charge < -0.3 is 25.2 Å². The number of hydrogen-bond donors (Lipinski definition) is 2. The maximum Gasteiger partial charge on any atom is 0.229 e. The van der Waals surface area contributed by atoms with Crippen molar-refractivity contribution in [2.45, 2.75) is 33.2 Å². The van der Waals surface area contributed by atoms with Crippen LogP contribution in [-0.2, 0) is 0 Å². The second-order valence-electron chi connectivity index (χ2n) is 10.1. The van der Waals surface area contributed by atoms with Gasteiger partial charge in [-0.25, -0.2) is 4.98 Å². The Bertz CT molecular complexity index is 1280. The number of hydrogen-bond acceptors (Lipinski definition) is 7. The van der Waals surface area contributed by atoms with Crippen LogP contribution in [0.5, 0.6) is 5.75 Å². The Kier molecular flexibility index (Phi) is 8.47. The summed E-state index contributed by atoms with van der Waals surface area (Å²) in [7, 11) is 5.67. The number of anilines is 5. The van der Waals surface area contributed by atoms with E-state index in [-0.39, 0.29) is 7.92 Å². The van der Waals surface area contributed by atoms with E-state index >= 15 is 0 Å². The van der Waals surface area contributed by atoms with Crippen molar-refractivity contribution >= 4 is 53.7 Å². The normalized spacial score (nSPS) is 15.5. The molecule has 2 N–H and O–H groups in total. The van der Waals surface area contributed by atoms with E-state index < -0.39 is 0 Å². The summed E-state index contributed by atoms with van der Waals surface area (Å²) in [6.07, 6.45) is 2.78. The van der Waals surface area contributed by atoms with Crippen molar-refractivity contribution in [3.05, 3.63) is 52.2 Å². The first-order valence-corrected chi connectivity index (χ1v) is 15.1. The smallest absolute Gasteiger partial charge is 0.229 e. The SMILES string of the molecule is COc1cc(N2CCC(N(C)C)C2)c(C)cc1Nc1ncc(Cl)c(Nc2ccc(C)c(C)c2P(C)C)n1. The van der Waals surface area contributed by atoms with Crippen LogP contribution < -0.4 is 25.6 Å². The van der Waals surface area contributed by atoms with Crippen molar-refractivity contribution in [1.29, 1.82) is 0 Å². The molecule has 3 aromatic rings. The molecular formula is C28H38ClN6OP. The maximum absolute atomic E-state index is 6.52. The molecule has 0 amide bonds. The third kappa shape index (κ3) is 5.95. The van der Waals surface area contributed by atoms with Gasteiger partial charge in [0.05, 0.1) is 19.0 Å². The number of halogens is 1. The van der Waals surface area contributed by atoms with Crippen molar-refractivity contribution in [3.63, 3.8) is 0 Å². The topological polar surface area (TPSA) is 65.6 Å². The zero-order valence-electron chi connectivity index (χ0n) is 23.1. The highest BCUT2D eigenvalue weighted by atomic mass is 35.5. The van der Waals surface area contributed by atoms with Crippen LogP contribution in [0.15, 0.2) is 30.5 Å². The molecule has 0 saturated carbocycles. The van der Waals surface area contributed by atoms with Gasteiger partial charge in [0, 0.05) is 41.9 Å². The fraction of sp³-hybridized carbons (Fsp3) is 0.429. The molecule has 1 aliphatic rings. The second kappa shape index (κ2) is 11.4. The van der Waals surface area contributed by atoms with Crippen LogP contribution in [0.2, 0.25) is 5.02 Å². The second-order valence-corrected chi connectivity index (χ2v) is 12.8. The average molecular weight is 541 g/mol. The first-order valence-electron chi connectivity index (χ1n) is 12.5. The minimum Gasteiger partial charge on any atom is -0.494 e. The van der Waals surface area contributed by atoms with Gasteiger partial charge in [-0.15, -0.1) is 0 Å². The minimum atomic E-state index is -0.319. The van der Waals surface area contributed by atoms with E-state index in [1.807, 2.05) is 0 Å². The molecule has 1 fully saturated rings. The van der Waals surface area contributed by atoms with Crippen LogP contribution in [0.25, 0.3) is 0 Å². The Labute approximate surface area is 227 Å². The predicted octanol–water partition coefficient (Wildman–Crippen LogP) is 6.06. The Morgan fingerprint density at radius 3 is 2.49 bits per heavy atom. The molecule has 198 valence electrons. The van der Waals surface area contributed by atoms with E-state index in [1.165, 1.54) is 27.7 Å². The summed E-state index contributed by atoms with van der Waals surface area (Å²) in [6, 6.07) is 9.01. The van der Waals surface area contributed by atoms with E-state index in [0.717, 1.165) is 36.6 Å². The number of methoxy groups -OCH3 is 1. The predicted molar refractivity (Wildman–Crippen MR) is 160 cm³/mol. The maximum atomic E-state index is 6.52. The van der Waals surface area contributed by atoms with Gasteiger partial charge in [-0.2, -0.15) is 4.98 Å². The summed E-state index contributed by atoms with van der Waals surface area (Å²) >= 11 is 6.52. The summed E-state index contributed by atoms with van der Waals surface area (Å²) < 4.78 is 5.77. The monoisotopic (exact) mass is 540 g/mol. The van der Waals surface area contributed by atoms with Crippen LogP contribution in [-0.4, -0.2) is 68.5 Å². The summed E-state index contributed by atoms with van der Waals surface area (Å²) in [4.78, 5) is 13.9. The first kappa shape index (κ1) is 27.4. The van der Waals surface area contributed by atoms with Gasteiger partial charge in [0.2, 0.25) is 5.95 Å². The molecule has 0 radical (unpaired) electrons. The molecule has 9 heteroatoms. The molecule has 0 spiro atoms. The van der Waals surface area contributed by atoms with Gasteiger partial charge in [0.1, 0.15) is 10.8 Å². The van der Waals surface area contributed by atoms with Crippen molar-refractivity contribution in [3.8, 4) is 5.75 Å². The Morgan fingerprint density at radius 2 is 1.84 bits per heavy atom. The van der Waals surface area contributed by atoms with E-state index in [9.17, 15) is 0 Å². The van der Waals surface area contributed by atoms with Gasteiger partial charge in [-0.1, -0.05) is 25.6 Å². The number of benzene rings is 2. The lowest BCUT2D eigenvalue weighted by Crippen LogP contribution is -2.31. The first-order chi connectivity index (χ1) is 17.6. The van der Waals surface area contributed by atoms with Crippen LogP contribution in [0, 0.1) is 20.8 Å². The summed E-state index contributed by atoms with van der Waals surface area (Å²) in [5.41, 5.74) is 6.81. The van der Waals surface area contributed by atoms with Crippen molar-refractivity contribution in [1.82, 2.24) is 14.9 Å². The number of likely N-dealkylation sites (N-methyl/N-ethyl adjacent to an activating group) is 1. The van der Waals surface area contributed by atoms with Gasteiger partial charge in [-0.05, 0) is 83.4 Å². The lowest BCUT2D eigenvalue weighted by atomic mass is 10.1. The molecule has 7 nitrogen and oxygen atoms in total. The van der Waals surface area contributed by atoms with Crippen LogP contribution in [0.3, 0.4) is 0 Å². The lowest BCUT2D eigenvalue weighted by molar-refractivity contribution is 0.315. The molecule has 2 heterocycles. The molecule has 4 rings (SSSR count).